The third-order valence-corrected chi connectivity index (χ3v) is 6.32. The number of fused-ring (bicyclic) bond motifs is 1. The zero-order valence-electron chi connectivity index (χ0n) is 18.8. The summed E-state index contributed by atoms with van der Waals surface area (Å²) in [6.07, 6.45) is -13.5. The molecular formula is C22H29ClO12. The average Bonchev–Trinajstić information content (AvgIpc) is 2.89. The Kier molecular flexibility index (Phi) is 8.94. The number of carbonyl (C=O) groups is 1. The first-order chi connectivity index (χ1) is 16.9. The van der Waals surface area contributed by atoms with Crippen LogP contribution in [0.5, 0.6) is 0 Å². The molecule has 12 nitrogen and oxygen atoms in total. The van der Waals surface area contributed by atoms with Gasteiger partial charge in [0.05, 0.1) is 13.2 Å². The van der Waals surface area contributed by atoms with Crippen molar-refractivity contribution < 1.29 is 58.4 Å². The van der Waals surface area contributed by atoms with E-state index in [1.54, 1.807) is 12.1 Å². The Morgan fingerprint density at radius 2 is 1.77 bits per heavy atom. The lowest BCUT2D eigenvalue weighted by Gasteiger charge is -2.49. The Labute approximate surface area is 206 Å². The van der Waals surface area contributed by atoms with E-state index in [4.69, 9.17) is 44.8 Å². The summed E-state index contributed by atoms with van der Waals surface area (Å²) in [5.74, 6) is -1.26. The molecule has 4 rings (SSSR count). The lowest BCUT2D eigenvalue weighted by Crippen LogP contribution is -2.66. The molecule has 1 aromatic rings. The Hall–Kier alpha value is -1.42. The van der Waals surface area contributed by atoms with Gasteiger partial charge in [-0.05, 0) is 0 Å². The van der Waals surface area contributed by atoms with Gasteiger partial charge in [0.15, 0.2) is 25.0 Å². The molecule has 0 aromatic heterocycles. The van der Waals surface area contributed by atoms with E-state index in [9.17, 15) is 25.2 Å². The number of alkyl halides is 1. The van der Waals surface area contributed by atoms with E-state index in [0.717, 1.165) is 5.56 Å². The Morgan fingerprint density at radius 1 is 1.03 bits per heavy atom. The molecule has 3 heterocycles. The molecule has 0 spiro atoms. The predicted octanol–water partition coefficient (Wildman–Crippen LogP) is -1.19. The first-order valence-corrected chi connectivity index (χ1v) is 11.6. The first-order valence-electron chi connectivity index (χ1n) is 11.1. The Morgan fingerprint density at radius 3 is 2.43 bits per heavy atom. The highest BCUT2D eigenvalue weighted by atomic mass is 35.5. The molecule has 0 amide bonds. The van der Waals surface area contributed by atoms with Crippen molar-refractivity contribution in [2.45, 2.75) is 67.7 Å². The van der Waals surface area contributed by atoms with Gasteiger partial charge in [-0.25, -0.2) is 0 Å². The van der Waals surface area contributed by atoms with Gasteiger partial charge in [-0.3, -0.25) is 4.79 Å². The summed E-state index contributed by atoms with van der Waals surface area (Å²) >= 11 is 5.61. The lowest BCUT2D eigenvalue weighted by molar-refractivity contribution is -0.385. The zero-order chi connectivity index (χ0) is 25.1. The van der Waals surface area contributed by atoms with E-state index in [1.807, 2.05) is 18.2 Å². The van der Waals surface area contributed by atoms with E-state index in [1.165, 1.54) is 7.11 Å². The normalized spacial score (nSPS) is 41.7. The summed E-state index contributed by atoms with van der Waals surface area (Å²) in [5, 5.41) is 41.6. The highest BCUT2D eigenvalue weighted by Gasteiger charge is 2.54. The summed E-state index contributed by atoms with van der Waals surface area (Å²) in [6.45, 7) is -0.577. The van der Waals surface area contributed by atoms with Crippen molar-refractivity contribution in [3.8, 4) is 0 Å². The third-order valence-electron chi connectivity index (χ3n) is 6.10. The molecule has 3 fully saturated rings. The van der Waals surface area contributed by atoms with Gasteiger partial charge in [0, 0.05) is 12.7 Å². The molecule has 0 saturated carbocycles. The molecule has 0 aliphatic carbocycles. The molecular weight excluding hydrogens is 492 g/mol. The van der Waals surface area contributed by atoms with Crippen molar-refractivity contribution >= 4 is 17.6 Å². The van der Waals surface area contributed by atoms with Crippen LogP contribution in [-0.2, 0) is 38.0 Å². The average molecular weight is 521 g/mol. The number of halogens is 1. The summed E-state index contributed by atoms with van der Waals surface area (Å²) < 4.78 is 39.2. The minimum Gasteiger partial charge on any atom is -0.456 e. The lowest BCUT2D eigenvalue weighted by atomic mass is 9.96. The third kappa shape index (κ3) is 5.63. The molecule has 35 heavy (non-hydrogen) atoms. The van der Waals surface area contributed by atoms with Crippen molar-refractivity contribution in [3.05, 3.63) is 35.9 Å². The van der Waals surface area contributed by atoms with E-state index in [-0.39, 0.29) is 6.61 Å². The minimum atomic E-state index is -1.58. The second kappa shape index (κ2) is 11.8. The molecule has 1 aromatic carbocycles. The van der Waals surface area contributed by atoms with Crippen LogP contribution in [0, 0.1) is 0 Å². The van der Waals surface area contributed by atoms with Gasteiger partial charge < -0.3 is 53.6 Å². The first kappa shape index (κ1) is 26.6. The molecule has 13 heteroatoms. The zero-order valence-corrected chi connectivity index (χ0v) is 19.5. The SMILES string of the molecule is CO[C@@H]1O[C@H](CO)[C@@H](O[C@@H]2O[C@@H]3COC(c4ccccc4)O[C@@H]3[C@H](OC(=O)CCl)[C@H]2O)[C@H](O)[C@H]1O. The van der Waals surface area contributed by atoms with Crippen molar-refractivity contribution in [3.63, 3.8) is 0 Å². The van der Waals surface area contributed by atoms with Crippen molar-refractivity contribution in [2.75, 3.05) is 26.2 Å². The van der Waals surface area contributed by atoms with Crippen molar-refractivity contribution in [2.24, 2.45) is 0 Å². The molecule has 4 N–H and O–H groups in total. The van der Waals surface area contributed by atoms with Crippen LogP contribution in [0.1, 0.15) is 11.9 Å². The number of ether oxygens (including phenoxy) is 7. The number of hydrogen-bond donors (Lipinski definition) is 4. The van der Waals surface area contributed by atoms with Crippen LogP contribution in [0.2, 0.25) is 0 Å². The number of aliphatic hydroxyl groups excluding tert-OH is 4. The summed E-state index contributed by atoms with van der Waals surface area (Å²) in [7, 11) is 1.27. The van der Waals surface area contributed by atoms with Crippen molar-refractivity contribution in [1.29, 1.82) is 0 Å². The van der Waals surface area contributed by atoms with Crippen LogP contribution >= 0.6 is 11.6 Å². The molecule has 3 aliphatic rings. The summed E-state index contributed by atoms with van der Waals surface area (Å²) in [5.41, 5.74) is 0.719. The van der Waals surface area contributed by atoms with E-state index in [0.29, 0.717) is 0 Å². The maximum atomic E-state index is 12.0. The largest absolute Gasteiger partial charge is 0.456 e. The number of methoxy groups -OCH3 is 1. The second-order valence-electron chi connectivity index (χ2n) is 8.34. The standard InChI is InChI=1S/C22H29ClO12/c1-29-21-15(27)14(26)17(11(8-24)31-21)34-22-16(28)19(33-13(25)7-23)18-12(32-22)9-30-20(35-18)10-5-3-2-4-6-10/h2-6,11-12,14-22,24,26-28H,7-9H2,1H3/t11-,12-,14-,15-,16-,17-,18+,19-,20?,21-,22+/m1/s1. The number of esters is 1. The maximum absolute atomic E-state index is 12.0. The topological polar surface area (TPSA) is 163 Å². The van der Waals surface area contributed by atoms with Crippen molar-refractivity contribution in [1.82, 2.24) is 0 Å². The minimum absolute atomic E-state index is 0.00720. The highest BCUT2D eigenvalue weighted by Crippen LogP contribution is 2.37. The molecule has 1 unspecified atom stereocenters. The number of aliphatic hydroxyl groups is 4. The summed E-state index contributed by atoms with van der Waals surface area (Å²) in [4.78, 5) is 12.0. The molecule has 3 aliphatic heterocycles. The van der Waals surface area contributed by atoms with Crippen LogP contribution in [-0.4, -0.2) is 114 Å². The fraction of sp³-hybridized carbons (Fsp3) is 0.682. The van der Waals surface area contributed by atoms with Crippen LogP contribution in [0.3, 0.4) is 0 Å². The smallest absolute Gasteiger partial charge is 0.321 e. The number of carbonyl (C=O) groups excluding carboxylic acids is 1. The fourth-order valence-electron chi connectivity index (χ4n) is 4.34. The molecule has 0 radical (unpaired) electrons. The van der Waals surface area contributed by atoms with E-state index < -0.39 is 86.2 Å². The second-order valence-corrected chi connectivity index (χ2v) is 8.61. The Bertz CT molecular complexity index is 828. The van der Waals surface area contributed by atoms with E-state index in [2.05, 4.69) is 0 Å². The maximum Gasteiger partial charge on any atom is 0.321 e. The van der Waals surface area contributed by atoms with Gasteiger partial charge in [0.25, 0.3) is 0 Å². The van der Waals surface area contributed by atoms with Gasteiger partial charge >= 0.3 is 5.97 Å². The van der Waals surface area contributed by atoms with Crippen LogP contribution in [0.4, 0.5) is 0 Å². The summed E-state index contributed by atoms with van der Waals surface area (Å²) in [6, 6.07) is 9.06. The van der Waals surface area contributed by atoms with Gasteiger partial charge in [-0.15, -0.1) is 11.6 Å². The van der Waals surface area contributed by atoms with Crippen LogP contribution < -0.4 is 0 Å². The van der Waals surface area contributed by atoms with Gasteiger partial charge in [0.2, 0.25) is 0 Å². The van der Waals surface area contributed by atoms with Gasteiger partial charge in [-0.2, -0.15) is 0 Å². The quantitative estimate of drug-likeness (QED) is 0.251. The Balaban J connectivity index is 1.53. The van der Waals surface area contributed by atoms with Crippen LogP contribution in [0.25, 0.3) is 0 Å². The molecule has 196 valence electrons. The molecule has 11 atom stereocenters. The number of hydrogen-bond acceptors (Lipinski definition) is 12. The monoisotopic (exact) mass is 520 g/mol. The number of rotatable bonds is 7. The predicted molar refractivity (Wildman–Crippen MR) is 115 cm³/mol. The number of benzene rings is 1. The van der Waals surface area contributed by atoms with Gasteiger partial charge in [0.1, 0.15) is 48.6 Å². The van der Waals surface area contributed by atoms with Crippen LogP contribution in [0.15, 0.2) is 30.3 Å². The van der Waals surface area contributed by atoms with E-state index >= 15 is 0 Å². The fourth-order valence-corrected chi connectivity index (χ4v) is 4.41. The highest BCUT2D eigenvalue weighted by molar-refractivity contribution is 6.26. The molecule has 3 saturated heterocycles. The molecule has 0 bridgehead atoms. The van der Waals surface area contributed by atoms with Gasteiger partial charge in [-0.1, -0.05) is 30.3 Å².